The van der Waals surface area contributed by atoms with Crippen LogP contribution in [0, 0.1) is 17.1 Å². The summed E-state index contributed by atoms with van der Waals surface area (Å²) in [6, 6.07) is 10.9. The van der Waals surface area contributed by atoms with E-state index in [1.54, 1.807) is 18.2 Å². The first-order chi connectivity index (χ1) is 9.11. The van der Waals surface area contributed by atoms with Crippen molar-refractivity contribution < 1.29 is 9.13 Å². The minimum atomic E-state index is -0.595. The van der Waals surface area contributed by atoms with Crippen LogP contribution in [0.4, 0.5) is 4.39 Å². The van der Waals surface area contributed by atoms with Crippen LogP contribution in [0.25, 0.3) is 0 Å². The molecule has 0 aliphatic heterocycles. The second-order valence-corrected chi connectivity index (χ2v) is 4.56. The van der Waals surface area contributed by atoms with E-state index < -0.39 is 5.82 Å². The van der Waals surface area contributed by atoms with Gasteiger partial charge in [0, 0.05) is 15.6 Å². The molecule has 0 amide bonds. The molecule has 0 heterocycles. The zero-order valence-corrected chi connectivity index (χ0v) is 11.2. The molecule has 0 bridgehead atoms. The number of hydrogen-bond acceptors (Lipinski definition) is 2. The van der Waals surface area contributed by atoms with Gasteiger partial charge < -0.3 is 4.74 Å². The van der Waals surface area contributed by atoms with Crippen molar-refractivity contribution in [1.29, 1.82) is 5.26 Å². The molecule has 0 radical (unpaired) electrons. The SMILES string of the molecule is N#Cc1ccc(OCc2c(Cl)cccc2Cl)c(F)c1. The summed E-state index contributed by atoms with van der Waals surface area (Å²) in [6.45, 7) is 0.0569. The summed E-state index contributed by atoms with van der Waals surface area (Å²) < 4.78 is 18.9. The summed E-state index contributed by atoms with van der Waals surface area (Å²) in [5, 5.41) is 9.56. The van der Waals surface area contributed by atoms with Crippen molar-refractivity contribution in [3.63, 3.8) is 0 Å². The van der Waals surface area contributed by atoms with Gasteiger partial charge in [0.05, 0.1) is 11.6 Å². The maximum Gasteiger partial charge on any atom is 0.166 e. The van der Waals surface area contributed by atoms with Gasteiger partial charge in [-0.2, -0.15) is 5.26 Å². The normalized spacial score (nSPS) is 10.0. The van der Waals surface area contributed by atoms with Gasteiger partial charge in [0.2, 0.25) is 0 Å². The molecule has 0 aromatic heterocycles. The second kappa shape index (κ2) is 5.92. The number of ether oxygens (including phenoxy) is 1. The highest BCUT2D eigenvalue weighted by Gasteiger charge is 2.09. The molecule has 0 atom stereocenters. The van der Waals surface area contributed by atoms with E-state index in [4.69, 9.17) is 33.2 Å². The fourth-order valence-electron chi connectivity index (χ4n) is 1.51. The number of halogens is 3. The van der Waals surface area contributed by atoms with Crippen molar-refractivity contribution in [3.05, 3.63) is 63.4 Å². The minimum absolute atomic E-state index is 0.0509. The van der Waals surface area contributed by atoms with Crippen LogP contribution in [0.2, 0.25) is 10.0 Å². The molecule has 0 saturated heterocycles. The van der Waals surface area contributed by atoms with Gasteiger partial charge in [-0.15, -0.1) is 0 Å². The standard InChI is InChI=1S/C14H8Cl2FNO/c15-11-2-1-3-12(16)10(11)8-19-14-5-4-9(7-18)6-13(14)17/h1-6H,8H2. The van der Waals surface area contributed by atoms with Gasteiger partial charge in [-0.3, -0.25) is 0 Å². The van der Waals surface area contributed by atoms with E-state index in [-0.39, 0.29) is 17.9 Å². The molecule has 2 aromatic rings. The molecular formula is C14H8Cl2FNO. The van der Waals surface area contributed by atoms with Gasteiger partial charge in [0.25, 0.3) is 0 Å². The van der Waals surface area contributed by atoms with Gasteiger partial charge in [0.1, 0.15) is 6.61 Å². The van der Waals surface area contributed by atoms with Gasteiger partial charge >= 0.3 is 0 Å². The molecular weight excluding hydrogens is 288 g/mol. The predicted octanol–water partition coefficient (Wildman–Crippen LogP) is 4.58. The summed E-state index contributed by atoms with van der Waals surface area (Å²) in [7, 11) is 0. The first-order valence-corrected chi connectivity index (χ1v) is 6.12. The summed E-state index contributed by atoms with van der Waals surface area (Å²) in [5.74, 6) is -0.544. The number of rotatable bonds is 3. The third-order valence-electron chi connectivity index (χ3n) is 2.49. The molecule has 96 valence electrons. The van der Waals surface area contributed by atoms with Crippen molar-refractivity contribution in [2.45, 2.75) is 6.61 Å². The van der Waals surface area contributed by atoms with E-state index >= 15 is 0 Å². The second-order valence-electron chi connectivity index (χ2n) is 3.75. The van der Waals surface area contributed by atoms with Gasteiger partial charge in [-0.1, -0.05) is 29.3 Å². The Hall–Kier alpha value is -1.76. The van der Waals surface area contributed by atoms with Crippen LogP contribution in [0.5, 0.6) is 5.75 Å². The molecule has 2 nitrogen and oxygen atoms in total. The van der Waals surface area contributed by atoms with Crippen LogP contribution in [0.15, 0.2) is 36.4 Å². The Morgan fingerprint density at radius 3 is 2.42 bits per heavy atom. The Labute approximate surface area is 119 Å². The zero-order chi connectivity index (χ0) is 13.8. The van der Waals surface area contributed by atoms with Crippen molar-refractivity contribution in [3.8, 4) is 11.8 Å². The van der Waals surface area contributed by atoms with Crippen molar-refractivity contribution in [1.82, 2.24) is 0 Å². The molecule has 0 unspecified atom stereocenters. The Balaban J connectivity index is 2.17. The summed E-state index contributed by atoms with van der Waals surface area (Å²) in [4.78, 5) is 0. The van der Waals surface area contributed by atoms with Crippen LogP contribution >= 0.6 is 23.2 Å². The lowest BCUT2D eigenvalue weighted by Crippen LogP contribution is -1.99. The third-order valence-corrected chi connectivity index (χ3v) is 3.20. The summed E-state index contributed by atoms with van der Waals surface area (Å²) in [5.41, 5.74) is 0.829. The topological polar surface area (TPSA) is 33.0 Å². The Bertz CT molecular complexity index is 632. The molecule has 2 rings (SSSR count). The Kier molecular flexibility index (Phi) is 4.26. The number of benzene rings is 2. The molecule has 0 aliphatic carbocycles. The average Bonchev–Trinajstić information content (AvgIpc) is 2.39. The number of nitriles is 1. The van der Waals surface area contributed by atoms with Crippen LogP contribution in [0.3, 0.4) is 0 Å². The number of hydrogen-bond donors (Lipinski definition) is 0. The summed E-state index contributed by atoms with van der Waals surface area (Å²) in [6.07, 6.45) is 0. The van der Waals surface area contributed by atoms with Gasteiger partial charge in [-0.25, -0.2) is 4.39 Å². The zero-order valence-electron chi connectivity index (χ0n) is 9.66. The maximum absolute atomic E-state index is 13.6. The largest absolute Gasteiger partial charge is 0.486 e. The van der Waals surface area contributed by atoms with E-state index in [1.807, 2.05) is 6.07 Å². The van der Waals surface area contributed by atoms with E-state index in [0.717, 1.165) is 6.07 Å². The van der Waals surface area contributed by atoms with E-state index in [2.05, 4.69) is 0 Å². The van der Waals surface area contributed by atoms with Crippen molar-refractivity contribution in [2.75, 3.05) is 0 Å². The Morgan fingerprint density at radius 2 is 1.84 bits per heavy atom. The fraction of sp³-hybridized carbons (Fsp3) is 0.0714. The first-order valence-electron chi connectivity index (χ1n) is 5.37. The van der Waals surface area contributed by atoms with E-state index in [1.165, 1.54) is 12.1 Å². The summed E-state index contributed by atoms with van der Waals surface area (Å²) >= 11 is 12.0. The van der Waals surface area contributed by atoms with E-state index in [9.17, 15) is 4.39 Å². The van der Waals surface area contributed by atoms with Gasteiger partial charge in [-0.05, 0) is 30.3 Å². The Morgan fingerprint density at radius 1 is 1.16 bits per heavy atom. The lowest BCUT2D eigenvalue weighted by Gasteiger charge is -2.10. The van der Waals surface area contributed by atoms with Crippen molar-refractivity contribution >= 4 is 23.2 Å². The van der Waals surface area contributed by atoms with Crippen LogP contribution in [-0.4, -0.2) is 0 Å². The molecule has 0 fully saturated rings. The molecule has 0 N–H and O–H groups in total. The molecule has 5 heteroatoms. The highest BCUT2D eigenvalue weighted by Crippen LogP contribution is 2.26. The first kappa shape index (κ1) is 13.7. The van der Waals surface area contributed by atoms with Crippen LogP contribution in [0.1, 0.15) is 11.1 Å². The fourth-order valence-corrected chi connectivity index (χ4v) is 2.01. The molecule has 2 aromatic carbocycles. The minimum Gasteiger partial charge on any atom is -0.486 e. The predicted molar refractivity (Wildman–Crippen MR) is 71.9 cm³/mol. The quantitative estimate of drug-likeness (QED) is 0.830. The lowest BCUT2D eigenvalue weighted by atomic mass is 10.2. The highest BCUT2D eigenvalue weighted by molar-refractivity contribution is 6.35. The average molecular weight is 296 g/mol. The lowest BCUT2D eigenvalue weighted by molar-refractivity contribution is 0.290. The number of nitrogens with zero attached hydrogens (tertiary/aromatic N) is 1. The van der Waals surface area contributed by atoms with E-state index in [0.29, 0.717) is 15.6 Å². The molecule has 19 heavy (non-hydrogen) atoms. The molecule has 0 aliphatic rings. The smallest absolute Gasteiger partial charge is 0.166 e. The monoisotopic (exact) mass is 295 g/mol. The molecule has 0 spiro atoms. The van der Waals surface area contributed by atoms with Crippen LogP contribution in [-0.2, 0) is 6.61 Å². The van der Waals surface area contributed by atoms with Crippen LogP contribution < -0.4 is 4.74 Å². The third kappa shape index (κ3) is 3.17. The maximum atomic E-state index is 13.6. The molecule has 0 saturated carbocycles. The van der Waals surface area contributed by atoms with Gasteiger partial charge in [0.15, 0.2) is 11.6 Å². The van der Waals surface area contributed by atoms with Crippen molar-refractivity contribution in [2.24, 2.45) is 0 Å². The highest BCUT2D eigenvalue weighted by atomic mass is 35.5.